The number of hydrogen-bond acceptors (Lipinski definition) is 3. The molecule has 0 amide bonds. The molecule has 2 aliphatic carbocycles. The zero-order chi connectivity index (χ0) is 16.5. The van der Waals surface area contributed by atoms with E-state index in [1.807, 2.05) is 12.3 Å². The van der Waals surface area contributed by atoms with E-state index in [9.17, 15) is 10.2 Å². The van der Waals surface area contributed by atoms with Gasteiger partial charge < -0.3 is 14.6 Å². The van der Waals surface area contributed by atoms with E-state index in [1.165, 1.54) is 17.6 Å². The molecule has 2 N–H and O–H groups in total. The molecule has 23 heavy (non-hydrogen) atoms. The molecule has 3 atom stereocenters. The van der Waals surface area contributed by atoms with Crippen molar-refractivity contribution in [3.8, 4) is 0 Å². The number of aliphatic hydroxyl groups is 2. The number of aliphatic hydroxyl groups excluding tert-OH is 2. The van der Waals surface area contributed by atoms with Crippen molar-refractivity contribution in [2.45, 2.75) is 51.9 Å². The van der Waals surface area contributed by atoms with Crippen molar-refractivity contribution in [2.75, 3.05) is 13.2 Å². The van der Waals surface area contributed by atoms with Gasteiger partial charge in [0.1, 0.15) is 0 Å². The monoisotopic (exact) mass is 318 g/mol. The lowest BCUT2D eigenvalue weighted by molar-refractivity contribution is -0.118. The summed E-state index contributed by atoms with van der Waals surface area (Å²) in [6, 6.07) is 2.04. The van der Waals surface area contributed by atoms with Crippen molar-refractivity contribution >= 4 is 0 Å². The van der Waals surface area contributed by atoms with Crippen LogP contribution in [0, 0.1) is 22.7 Å². The van der Waals surface area contributed by atoms with E-state index in [-0.39, 0.29) is 24.0 Å². The van der Waals surface area contributed by atoms with Crippen LogP contribution in [0.2, 0.25) is 0 Å². The van der Waals surface area contributed by atoms with E-state index >= 15 is 0 Å². The topological polar surface area (TPSA) is 53.6 Å². The molecule has 2 fully saturated rings. The van der Waals surface area contributed by atoms with Gasteiger partial charge in [0.15, 0.2) is 0 Å². The fourth-order valence-electron chi connectivity index (χ4n) is 5.60. The molecular formula is C20H30O3. The summed E-state index contributed by atoms with van der Waals surface area (Å²) in [5.41, 5.74) is 2.44. The van der Waals surface area contributed by atoms with Crippen LogP contribution in [-0.2, 0) is 6.42 Å². The van der Waals surface area contributed by atoms with E-state index in [1.54, 1.807) is 6.26 Å². The van der Waals surface area contributed by atoms with Crippen LogP contribution in [0.3, 0.4) is 0 Å². The highest BCUT2D eigenvalue weighted by Crippen LogP contribution is 2.61. The lowest BCUT2D eigenvalue weighted by Gasteiger charge is -2.59. The second kappa shape index (κ2) is 6.45. The third-order valence-corrected chi connectivity index (χ3v) is 6.90. The Labute approximate surface area is 139 Å². The number of rotatable bonds is 5. The van der Waals surface area contributed by atoms with Crippen LogP contribution in [0.5, 0.6) is 0 Å². The van der Waals surface area contributed by atoms with E-state index in [4.69, 9.17) is 4.42 Å². The molecule has 1 aromatic rings. The Morgan fingerprint density at radius 1 is 1.30 bits per heavy atom. The van der Waals surface area contributed by atoms with Crippen LogP contribution in [-0.4, -0.2) is 23.4 Å². The van der Waals surface area contributed by atoms with Crippen molar-refractivity contribution in [3.05, 3.63) is 36.3 Å². The normalized spacial score (nSPS) is 33.4. The lowest BCUT2D eigenvalue weighted by Crippen LogP contribution is -2.54. The number of allylic oxidation sites excluding steroid dienone is 1. The minimum Gasteiger partial charge on any atom is -0.472 e. The van der Waals surface area contributed by atoms with E-state index < -0.39 is 0 Å². The predicted octanol–water partition coefficient (Wildman–Crippen LogP) is 3.96. The van der Waals surface area contributed by atoms with Gasteiger partial charge >= 0.3 is 0 Å². The Morgan fingerprint density at radius 3 is 2.74 bits per heavy atom. The van der Waals surface area contributed by atoms with Crippen molar-refractivity contribution < 1.29 is 14.6 Å². The molecule has 0 bridgehead atoms. The van der Waals surface area contributed by atoms with Gasteiger partial charge in [0.2, 0.25) is 0 Å². The first-order valence-electron chi connectivity index (χ1n) is 8.96. The molecule has 128 valence electrons. The average Bonchev–Trinajstić information content (AvgIpc) is 3.06. The highest BCUT2D eigenvalue weighted by Gasteiger charge is 2.55. The molecule has 0 radical (unpaired) electrons. The molecule has 1 heterocycles. The molecule has 2 saturated carbocycles. The summed E-state index contributed by atoms with van der Waals surface area (Å²) >= 11 is 0. The summed E-state index contributed by atoms with van der Waals surface area (Å²) in [5, 5.41) is 20.1. The highest BCUT2D eigenvalue weighted by atomic mass is 16.3. The smallest absolute Gasteiger partial charge is 0.0934 e. The van der Waals surface area contributed by atoms with E-state index in [0.29, 0.717) is 11.8 Å². The Balaban J connectivity index is 1.84. The van der Waals surface area contributed by atoms with Gasteiger partial charge in [-0.2, -0.15) is 0 Å². The number of furan rings is 1. The number of hydrogen-bond donors (Lipinski definition) is 2. The molecule has 3 rings (SSSR count). The fraction of sp³-hybridized carbons (Fsp3) is 0.700. The first kappa shape index (κ1) is 16.8. The third kappa shape index (κ3) is 2.78. The molecule has 3 heteroatoms. The van der Waals surface area contributed by atoms with Crippen molar-refractivity contribution in [3.63, 3.8) is 0 Å². The summed E-state index contributed by atoms with van der Waals surface area (Å²) in [7, 11) is 0. The molecule has 2 aliphatic rings. The van der Waals surface area contributed by atoms with Crippen molar-refractivity contribution in [1.82, 2.24) is 0 Å². The largest absolute Gasteiger partial charge is 0.472 e. The first-order valence-corrected chi connectivity index (χ1v) is 8.96. The zero-order valence-corrected chi connectivity index (χ0v) is 14.3. The van der Waals surface area contributed by atoms with Gasteiger partial charge in [-0.25, -0.2) is 0 Å². The van der Waals surface area contributed by atoms with Gasteiger partial charge in [-0.05, 0) is 67.4 Å². The van der Waals surface area contributed by atoms with Crippen LogP contribution < -0.4 is 0 Å². The van der Waals surface area contributed by atoms with Crippen LogP contribution in [0.15, 0.2) is 35.2 Å². The van der Waals surface area contributed by atoms with Crippen LogP contribution in [0.25, 0.3) is 0 Å². The van der Waals surface area contributed by atoms with Gasteiger partial charge in [0.05, 0.1) is 25.7 Å². The average molecular weight is 318 g/mol. The molecule has 1 aromatic heterocycles. The van der Waals surface area contributed by atoms with Gasteiger partial charge in [0, 0.05) is 5.41 Å². The van der Waals surface area contributed by atoms with E-state index in [2.05, 4.69) is 13.5 Å². The maximum Gasteiger partial charge on any atom is 0.0934 e. The van der Waals surface area contributed by atoms with Crippen LogP contribution in [0.1, 0.15) is 51.0 Å². The SMILES string of the molecule is C=C1CC[C@@H]2C(CO)(CO)CCC[C@@]2(C)[C@@H]1CCc1ccoc1. The standard InChI is InChI=1S/C20H30O3/c1-15-4-7-18-19(2,9-3-10-20(18,13-21)14-22)17(15)6-5-16-8-11-23-12-16/h8,11-12,17-18,21-22H,1,3-7,9-10,13-14H2,2H3/t17-,18+,19+/m1/s1. The molecule has 0 unspecified atom stereocenters. The molecular weight excluding hydrogens is 288 g/mol. The van der Waals surface area contributed by atoms with Gasteiger partial charge in [0.25, 0.3) is 0 Å². The molecule has 0 aliphatic heterocycles. The summed E-state index contributed by atoms with van der Waals surface area (Å²) in [5.74, 6) is 0.854. The Hall–Kier alpha value is -1.06. The van der Waals surface area contributed by atoms with Gasteiger partial charge in [-0.15, -0.1) is 0 Å². The first-order chi connectivity index (χ1) is 11.1. The second-order valence-corrected chi connectivity index (χ2v) is 8.01. The summed E-state index contributed by atoms with van der Waals surface area (Å²) < 4.78 is 5.19. The minimum absolute atomic E-state index is 0.102. The maximum absolute atomic E-state index is 10.0. The Morgan fingerprint density at radius 2 is 2.09 bits per heavy atom. The molecule has 0 spiro atoms. The van der Waals surface area contributed by atoms with Crippen molar-refractivity contribution in [1.29, 1.82) is 0 Å². The number of aryl methyl sites for hydroxylation is 1. The molecule has 0 aromatic carbocycles. The minimum atomic E-state index is -0.304. The number of fused-ring (bicyclic) bond motifs is 1. The third-order valence-electron chi connectivity index (χ3n) is 6.90. The second-order valence-electron chi connectivity index (χ2n) is 8.01. The molecule has 0 saturated heterocycles. The zero-order valence-electron chi connectivity index (χ0n) is 14.3. The Kier molecular flexibility index (Phi) is 4.70. The summed E-state index contributed by atoms with van der Waals surface area (Å²) in [4.78, 5) is 0. The summed E-state index contributed by atoms with van der Waals surface area (Å²) in [6.07, 6.45) is 10.9. The summed E-state index contributed by atoms with van der Waals surface area (Å²) in [6.45, 7) is 6.96. The molecule has 3 nitrogen and oxygen atoms in total. The Bertz CT molecular complexity index is 529. The van der Waals surface area contributed by atoms with Crippen molar-refractivity contribution in [2.24, 2.45) is 22.7 Å². The van der Waals surface area contributed by atoms with Crippen LogP contribution >= 0.6 is 0 Å². The highest BCUT2D eigenvalue weighted by molar-refractivity contribution is 5.18. The predicted molar refractivity (Wildman–Crippen MR) is 90.9 cm³/mol. The van der Waals surface area contributed by atoms with Gasteiger partial charge in [-0.1, -0.05) is 25.5 Å². The fourth-order valence-corrected chi connectivity index (χ4v) is 5.60. The van der Waals surface area contributed by atoms with E-state index in [0.717, 1.165) is 38.5 Å². The van der Waals surface area contributed by atoms with Gasteiger partial charge in [-0.3, -0.25) is 0 Å². The lowest BCUT2D eigenvalue weighted by atomic mass is 9.46. The quantitative estimate of drug-likeness (QED) is 0.808. The van der Waals surface area contributed by atoms with Crippen LogP contribution in [0.4, 0.5) is 0 Å². The maximum atomic E-state index is 10.0.